The summed E-state index contributed by atoms with van der Waals surface area (Å²) in [6.45, 7) is 5.76. The molecule has 1 aromatic heterocycles. The van der Waals surface area contributed by atoms with Gasteiger partial charge in [-0.3, -0.25) is 9.58 Å². The summed E-state index contributed by atoms with van der Waals surface area (Å²) in [5, 5.41) is 8.56. The van der Waals surface area contributed by atoms with Gasteiger partial charge in [0.2, 0.25) is 0 Å². The summed E-state index contributed by atoms with van der Waals surface area (Å²) < 4.78 is 7.83. The molecule has 0 spiro atoms. The minimum Gasteiger partial charge on any atom is -0.379 e. The Morgan fingerprint density at radius 1 is 1.33 bits per heavy atom. The van der Waals surface area contributed by atoms with E-state index in [9.17, 15) is 0 Å². The SMILES string of the molecule is CN(C)CCOCC1CN(CC2CC2)Cc2nnn(C)c21. The average molecular weight is 293 g/mol. The number of ether oxygens (including phenoxy) is 1. The van der Waals surface area contributed by atoms with Crippen LogP contribution < -0.4 is 0 Å². The Labute approximate surface area is 127 Å². The lowest BCUT2D eigenvalue weighted by Crippen LogP contribution is -2.37. The first-order chi connectivity index (χ1) is 10.1. The van der Waals surface area contributed by atoms with E-state index in [1.54, 1.807) is 0 Å². The molecule has 1 unspecified atom stereocenters. The lowest BCUT2D eigenvalue weighted by molar-refractivity contribution is 0.0840. The Hall–Kier alpha value is -0.980. The van der Waals surface area contributed by atoms with Crippen LogP contribution in [-0.4, -0.2) is 71.7 Å². The molecule has 1 saturated carbocycles. The maximum Gasteiger partial charge on any atom is 0.100 e. The van der Waals surface area contributed by atoms with Gasteiger partial charge in [0.15, 0.2) is 0 Å². The van der Waals surface area contributed by atoms with Gasteiger partial charge in [-0.05, 0) is 32.9 Å². The highest BCUT2D eigenvalue weighted by atomic mass is 16.5. The summed E-state index contributed by atoms with van der Waals surface area (Å²) >= 11 is 0. The maximum atomic E-state index is 5.90. The molecule has 0 saturated heterocycles. The van der Waals surface area contributed by atoms with Gasteiger partial charge in [-0.2, -0.15) is 0 Å². The van der Waals surface area contributed by atoms with Gasteiger partial charge in [0.1, 0.15) is 5.69 Å². The van der Waals surface area contributed by atoms with Gasteiger partial charge in [0, 0.05) is 39.1 Å². The van der Waals surface area contributed by atoms with Crippen LogP contribution in [0.5, 0.6) is 0 Å². The van der Waals surface area contributed by atoms with Crippen LogP contribution in [0.4, 0.5) is 0 Å². The van der Waals surface area contributed by atoms with Crippen LogP contribution in [0.15, 0.2) is 0 Å². The fraction of sp³-hybridized carbons (Fsp3) is 0.867. The van der Waals surface area contributed by atoms with Crippen LogP contribution in [0.1, 0.15) is 30.1 Å². The summed E-state index contributed by atoms with van der Waals surface area (Å²) in [5.74, 6) is 1.31. The van der Waals surface area contributed by atoms with Crippen molar-refractivity contribution in [2.24, 2.45) is 13.0 Å². The van der Waals surface area contributed by atoms with Gasteiger partial charge >= 0.3 is 0 Å². The van der Waals surface area contributed by atoms with E-state index in [0.717, 1.165) is 44.5 Å². The number of hydrogen-bond donors (Lipinski definition) is 0. The molecular weight excluding hydrogens is 266 g/mol. The molecule has 1 aliphatic heterocycles. The van der Waals surface area contributed by atoms with Crippen molar-refractivity contribution in [1.82, 2.24) is 24.8 Å². The van der Waals surface area contributed by atoms with Gasteiger partial charge < -0.3 is 9.64 Å². The topological polar surface area (TPSA) is 46.4 Å². The van der Waals surface area contributed by atoms with Crippen molar-refractivity contribution in [3.8, 4) is 0 Å². The first-order valence-electron chi connectivity index (χ1n) is 7.96. The maximum absolute atomic E-state index is 5.90. The molecule has 2 heterocycles. The number of nitrogens with zero attached hydrogens (tertiary/aromatic N) is 5. The highest BCUT2D eigenvalue weighted by molar-refractivity contribution is 5.19. The smallest absolute Gasteiger partial charge is 0.100 e. The summed E-state index contributed by atoms with van der Waals surface area (Å²) in [6, 6.07) is 0. The van der Waals surface area contributed by atoms with E-state index >= 15 is 0 Å². The van der Waals surface area contributed by atoms with Gasteiger partial charge in [-0.25, -0.2) is 0 Å². The van der Waals surface area contributed by atoms with E-state index in [1.165, 1.54) is 25.1 Å². The normalized spacial score (nSPS) is 22.8. The Bertz CT molecular complexity index is 469. The second-order valence-electron chi connectivity index (χ2n) is 6.76. The fourth-order valence-electron chi connectivity index (χ4n) is 3.10. The number of aryl methyl sites for hydroxylation is 1. The molecule has 1 atom stereocenters. The van der Waals surface area contributed by atoms with Crippen molar-refractivity contribution in [3.05, 3.63) is 11.4 Å². The summed E-state index contributed by atoms with van der Waals surface area (Å²) in [7, 11) is 6.14. The minimum absolute atomic E-state index is 0.398. The predicted molar refractivity (Wildman–Crippen MR) is 81.1 cm³/mol. The second kappa shape index (κ2) is 6.42. The van der Waals surface area contributed by atoms with E-state index in [4.69, 9.17) is 4.74 Å². The third-order valence-corrected chi connectivity index (χ3v) is 4.40. The molecule has 0 radical (unpaired) electrons. The molecule has 0 N–H and O–H groups in total. The van der Waals surface area contributed by atoms with Crippen LogP contribution in [0.25, 0.3) is 0 Å². The zero-order valence-electron chi connectivity index (χ0n) is 13.5. The van der Waals surface area contributed by atoms with Crippen molar-refractivity contribution in [2.45, 2.75) is 25.3 Å². The highest BCUT2D eigenvalue weighted by Crippen LogP contribution is 2.33. The van der Waals surface area contributed by atoms with Crippen LogP contribution in [0.3, 0.4) is 0 Å². The average Bonchev–Trinajstić information content (AvgIpc) is 3.17. The quantitative estimate of drug-likeness (QED) is 0.693. The largest absolute Gasteiger partial charge is 0.379 e. The molecule has 0 amide bonds. The van der Waals surface area contributed by atoms with E-state index in [0.29, 0.717) is 5.92 Å². The van der Waals surface area contributed by atoms with E-state index in [-0.39, 0.29) is 0 Å². The molecule has 0 aromatic carbocycles. The van der Waals surface area contributed by atoms with Gasteiger partial charge in [0.25, 0.3) is 0 Å². The molecule has 0 bridgehead atoms. The zero-order valence-corrected chi connectivity index (χ0v) is 13.5. The van der Waals surface area contributed by atoms with Crippen LogP contribution in [0, 0.1) is 5.92 Å². The van der Waals surface area contributed by atoms with Gasteiger partial charge in [-0.1, -0.05) is 5.21 Å². The van der Waals surface area contributed by atoms with Crippen molar-refractivity contribution in [2.75, 3.05) is 46.9 Å². The Morgan fingerprint density at radius 2 is 2.14 bits per heavy atom. The molecule has 1 fully saturated rings. The number of rotatable bonds is 7. The molecule has 6 heteroatoms. The third-order valence-electron chi connectivity index (χ3n) is 4.40. The Balaban J connectivity index is 1.60. The summed E-state index contributed by atoms with van der Waals surface area (Å²) in [5.41, 5.74) is 2.41. The summed E-state index contributed by atoms with van der Waals surface area (Å²) in [4.78, 5) is 4.69. The zero-order chi connectivity index (χ0) is 14.8. The molecule has 118 valence electrons. The molecule has 6 nitrogen and oxygen atoms in total. The molecule has 21 heavy (non-hydrogen) atoms. The van der Waals surface area contributed by atoms with Crippen LogP contribution in [-0.2, 0) is 18.3 Å². The molecular formula is C15H27N5O. The van der Waals surface area contributed by atoms with Crippen LogP contribution >= 0.6 is 0 Å². The monoisotopic (exact) mass is 293 g/mol. The summed E-state index contributed by atoms with van der Waals surface area (Å²) in [6.07, 6.45) is 2.79. The van der Waals surface area contributed by atoms with Crippen molar-refractivity contribution < 1.29 is 4.74 Å². The molecule has 1 aromatic rings. The number of hydrogen-bond acceptors (Lipinski definition) is 5. The van der Waals surface area contributed by atoms with Crippen molar-refractivity contribution in [1.29, 1.82) is 0 Å². The molecule has 1 aliphatic carbocycles. The highest BCUT2D eigenvalue weighted by Gasteiger charge is 2.33. The minimum atomic E-state index is 0.398. The lowest BCUT2D eigenvalue weighted by atomic mass is 9.98. The first-order valence-corrected chi connectivity index (χ1v) is 7.96. The lowest BCUT2D eigenvalue weighted by Gasteiger charge is -2.32. The van der Waals surface area contributed by atoms with Gasteiger partial charge in [-0.15, -0.1) is 5.10 Å². The van der Waals surface area contributed by atoms with Crippen molar-refractivity contribution >= 4 is 0 Å². The number of likely N-dealkylation sites (N-methyl/N-ethyl adjacent to an activating group) is 1. The number of fused-ring (bicyclic) bond motifs is 1. The molecule has 2 aliphatic rings. The number of aromatic nitrogens is 3. The third kappa shape index (κ3) is 3.81. The van der Waals surface area contributed by atoms with E-state index < -0.39 is 0 Å². The van der Waals surface area contributed by atoms with Gasteiger partial charge in [0.05, 0.1) is 18.9 Å². The van der Waals surface area contributed by atoms with Crippen molar-refractivity contribution in [3.63, 3.8) is 0 Å². The molecule has 3 rings (SSSR count). The Morgan fingerprint density at radius 3 is 2.86 bits per heavy atom. The van der Waals surface area contributed by atoms with Crippen LogP contribution in [0.2, 0.25) is 0 Å². The standard InChI is InChI=1S/C15H27N5O/c1-18(2)6-7-21-11-13-9-20(8-12-4-5-12)10-14-15(13)19(3)17-16-14/h12-13H,4-11H2,1-3H3. The second-order valence-corrected chi connectivity index (χ2v) is 6.76. The fourth-order valence-corrected chi connectivity index (χ4v) is 3.10. The van der Waals surface area contributed by atoms with E-state index in [1.807, 2.05) is 11.7 Å². The van der Waals surface area contributed by atoms with E-state index in [2.05, 4.69) is 34.2 Å². The predicted octanol–water partition coefficient (Wildman–Crippen LogP) is 0.703. The Kier molecular flexibility index (Phi) is 4.57. The first kappa shape index (κ1) is 14.9.